The van der Waals surface area contributed by atoms with Gasteiger partial charge in [0.05, 0.1) is 0 Å². The van der Waals surface area contributed by atoms with E-state index in [0.29, 0.717) is 0 Å². The fraction of sp³-hybridized carbons (Fsp3) is 0.667. The second-order valence-electron chi connectivity index (χ2n) is 1.93. The monoisotopic (exact) mass is 216 g/mol. The van der Waals surface area contributed by atoms with Crippen LogP contribution in [-0.2, 0) is 4.57 Å². The topological polar surface area (TPSA) is 148 Å². The van der Waals surface area contributed by atoms with E-state index in [1.165, 1.54) is 25.7 Å². The summed E-state index contributed by atoms with van der Waals surface area (Å²) in [6.07, 6.45) is 6.00. The number of hydrogen-bond acceptors (Lipinski definition) is 3. The van der Waals surface area contributed by atoms with E-state index in [0.717, 1.165) is 0 Å². The van der Waals surface area contributed by atoms with Crippen LogP contribution >= 0.6 is 7.82 Å². The molecule has 9 N–H and O–H groups in total. The van der Waals surface area contributed by atoms with E-state index in [2.05, 4.69) is 13.2 Å². The molecule has 0 spiro atoms. The van der Waals surface area contributed by atoms with Crippen molar-refractivity contribution in [3.8, 4) is 0 Å². The Kier molecular flexibility index (Phi) is 25.3. The quantitative estimate of drug-likeness (QED) is 0.307. The average Bonchev–Trinajstić information content (AvgIpc) is 1.59. The van der Waals surface area contributed by atoms with Gasteiger partial charge in [-0.2, -0.15) is 0 Å². The van der Waals surface area contributed by atoms with E-state index >= 15 is 0 Å². The molecule has 0 saturated heterocycles. The molecule has 0 aromatic carbocycles. The van der Waals surface area contributed by atoms with Crippen LogP contribution in [0.3, 0.4) is 0 Å². The number of rotatable bonds is 0. The Morgan fingerprint density at radius 1 is 0.846 bits per heavy atom. The summed E-state index contributed by atoms with van der Waals surface area (Å²) < 4.78 is 8.88. The smallest absolute Gasteiger partial charge is 0.344 e. The lowest BCUT2D eigenvalue weighted by atomic mass is 10.0. The summed E-state index contributed by atoms with van der Waals surface area (Å²) in [5, 5.41) is 0. The maximum absolute atomic E-state index is 8.88. The molecule has 1 rings (SSSR count). The minimum atomic E-state index is -4.64. The molecule has 6 nitrogen and oxygen atoms in total. The van der Waals surface area contributed by atoms with Crippen LogP contribution in [0.2, 0.25) is 0 Å². The summed E-state index contributed by atoms with van der Waals surface area (Å²) in [5.74, 6) is 0. The number of phosphoric acid groups is 1. The summed E-state index contributed by atoms with van der Waals surface area (Å²) in [7, 11) is -4.64. The van der Waals surface area contributed by atoms with Crippen molar-refractivity contribution < 1.29 is 19.2 Å². The molecule has 1 fully saturated rings. The first kappa shape index (κ1) is 23.0. The normalized spacial score (nSPS) is 12.2. The highest BCUT2D eigenvalue weighted by Crippen LogP contribution is 2.25. The van der Waals surface area contributed by atoms with Crippen LogP contribution in [0.15, 0.2) is 13.2 Å². The van der Waals surface area contributed by atoms with Crippen molar-refractivity contribution in [2.45, 2.75) is 25.7 Å². The Balaban J connectivity index is -0.0000000466. The van der Waals surface area contributed by atoms with Gasteiger partial charge in [0.25, 0.3) is 0 Å². The van der Waals surface area contributed by atoms with Crippen LogP contribution in [0.25, 0.3) is 0 Å². The van der Waals surface area contributed by atoms with Crippen molar-refractivity contribution in [3.05, 3.63) is 13.2 Å². The zero-order valence-corrected chi connectivity index (χ0v) is 8.75. The van der Waals surface area contributed by atoms with Gasteiger partial charge in [-0.15, -0.1) is 13.2 Å². The first-order valence-corrected chi connectivity index (χ1v) is 4.85. The molecule has 0 unspecified atom stereocenters. The van der Waals surface area contributed by atoms with Gasteiger partial charge >= 0.3 is 7.82 Å². The molecule has 7 heteroatoms. The van der Waals surface area contributed by atoms with Gasteiger partial charge in [0.2, 0.25) is 0 Å². The summed E-state index contributed by atoms with van der Waals surface area (Å²) in [6.45, 7) is 6.00. The molecular formula is C6H21N2O4P. The summed E-state index contributed by atoms with van der Waals surface area (Å²) in [4.78, 5) is 21.6. The fourth-order valence-electron chi connectivity index (χ4n) is 0.250. The molecule has 84 valence electrons. The van der Waals surface area contributed by atoms with Crippen molar-refractivity contribution in [3.63, 3.8) is 0 Å². The first-order valence-electron chi connectivity index (χ1n) is 3.28. The van der Waals surface area contributed by atoms with Gasteiger partial charge in [0.1, 0.15) is 0 Å². The SMILES string of the molecule is C1CCC1.C=C.N.N.O=P(O)(O)O. The highest BCUT2D eigenvalue weighted by Gasteiger charge is 2.00. The van der Waals surface area contributed by atoms with Gasteiger partial charge in [-0.05, 0) is 0 Å². The third-order valence-electron chi connectivity index (χ3n) is 1.000. The van der Waals surface area contributed by atoms with Crippen molar-refractivity contribution in [2.24, 2.45) is 0 Å². The second kappa shape index (κ2) is 14.3. The Morgan fingerprint density at radius 3 is 0.923 bits per heavy atom. The molecule has 0 aromatic heterocycles. The van der Waals surface area contributed by atoms with Crippen LogP contribution < -0.4 is 12.3 Å². The van der Waals surface area contributed by atoms with E-state index in [-0.39, 0.29) is 12.3 Å². The van der Waals surface area contributed by atoms with E-state index in [4.69, 9.17) is 19.2 Å². The Morgan fingerprint density at radius 2 is 0.923 bits per heavy atom. The van der Waals surface area contributed by atoms with Gasteiger partial charge in [-0.1, -0.05) is 25.7 Å². The minimum Gasteiger partial charge on any atom is -0.344 e. The van der Waals surface area contributed by atoms with Gasteiger partial charge in [-0.25, -0.2) is 4.57 Å². The van der Waals surface area contributed by atoms with E-state index in [1.807, 2.05) is 0 Å². The van der Waals surface area contributed by atoms with Crippen LogP contribution in [0.1, 0.15) is 25.7 Å². The van der Waals surface area contributed by atoms with Gasteiger partial charge in [0, 0.05) is 0 Å². The molecule has 0 heterocycles. The molecule has 0 aliphatic heterocycles. The maximum Gasteiger partial charge on any atom is 0.466 e. The predicted molar refractivity (Wildman–Crippen MR) is 54.0 cm³/mol. The van der Waals surface area contributed by atoms with Crippen LogP contribution in [-0.4, -0.2) is 14.7 Å². The molecule has 0 aromatic rings. The van der Waals surface area contributed by atoms with Crippen LogP contribution in [0.5, 0.6) is 0 Å². The third-order valence-corrected chi connectivity index (χ3v) is 1.000. The third kappa shape index (κ3) is 79.0. The highest BCUT2D eigenvalue weighted by atomic mass is 31.2. The van der Waals surface area contributed by atoms with E-state index in [1.54, 1.807) is 0 Å². The summed E-state index contributed by atoms with van der Waals surface area (Å²) >= 11 is 0. The van der Waals surface area contributed by atoms with Crippen molar-refractivity contribution >= 4 is 7.82 Å². The van der Waals surface area contributed by atoms with Gasteiger partial charge in [-0.3, -0.25) is 0 Å². The average molecular weight is 216 g/mol. The molecule has 1 aliphatic rings. The van der Waals surface area contributed by atoms with Gasteiger partial charge < -0.3 is 27.0 Å². The Labute approximate surface area is 79.1 Å². The maximum atomic E-state index is 8.88. The van der Waals surface area contributed by atoms with Crippen LogP contribution in [0, 0.1) is 0 Å². The lowest BCUT2D eigenvalue weighted by Gasteiger charge is -2.05. The van der Waals surface area contributed by atoms with Crippen molar-refractivity contribution in [1.29, 1.82) is 0 Å². The minimum absolute atomic E-state index is 0. The molecule has 0 amide bonds. The van der Waals surface area contributed by atoms with E-state index < -0.39 is 7.82 Å². The standard InChI is InChI=1S/C4H8.C2H4.2H3N.H3O4P/c1-2-4-3-1;1-2;;;1-5(2,3)4/h1-4H2;1-2H2;2*1H3;(H3,1,2,3,4). The Hall–Kier alpha value is -0.230. The molecule has 1 aliphatic carbocycles. The van der Waals surface area contributed by atoms with Gasteiger partial charge in [0.15, 0.2) is 0 Å². The zero-order chi connectivity index (χ0) is 9.33. The molecule has 1 saturated carbocycles. The van der Waals surface area contributed by atoms with Crippen molar-refractivity contribution in [2.75, 3.05) is 0 Å². The fourth-order valence-corrected chi connectivity index (χ4v) is 0.250. The molecule has 0 atom stereocenters. The largest absolute Gasteiger partial charge is 0.466 e. The molecule has 13 heavy (non-hydrogen) atoms. The molecular weight excluding hydrogens is 195 g/mol. The summed E-state index contributed by atoms with van der Waals surface area (Å²) in [5.41, 5.74) is 0. The van der Waals surface area contributed by atoms with Crippen LogP contribution in [0.4, 0.5) is 0 Å². The lowest BCUT2D eigenvalue weighted by Crippen LogP contribution is -1.85. The highest BCUT2D eigenvalue weighted by molar-refractivity contribution is 7.45. The molecule has 0 bridgehead atoms. The predicted octanol–water partition coefficient (Wildman–Crippen LogP) is 1.76. The second-order valence-corrected chi connectivity index (χ2v) is 2.95. The zero-order valence-electron chi connectivity index (χ0n) is 7.85. The first-order chi connectivity index (χ1) is 5.00. The number of hydrogen-bond donors (Lipinski definition) is 5. The van der Waals surface area contributed by atoms with E-state index in [9.17, 15) is 0 Å². The van der Waals surface area contributed by atoms with Crippen molar-refractivity contribution in [1.82, 2.24) is 12.3 Å². The lowest BCUT2D eigenvalue weighted by molar-refractivity contribution is 0.275. The molecule has 0 radical (unpaired) electrons. The Bertz CT molecular complexity index is 112. The summed E-state index contributed by atoms with van der Waals surface area (Å²) in [6, 6.07) is 0.